The van der Waals surface area contributed by atoms with E-state index in [-0.39, 0.29) is 24.5 Å². The van der Waals surface area contributed by atoms with Gasteiger partial charge in [-0.1, -0.05) is 6.07 Å². The number of hydrogen-bond donors (Lipinski definition) is 1. The summed E-state index contributed by atoms with van der Waals surface area (Å²) in [5, 5.41) is 8.94. The predicted octanol–water partition coefficient (Wildman–Crippen LogP) is 1.32. The number of carbonyl (C=O) groups is 1. The molecule has 0 bridgehead atoms. The first-order valence-electron chi connectivity index (χ1n) is 5.96. The lowest BCUT2D eigenvalue weighted by atomic mass is 10.2. The van der Waals surface area contributed by atoms with Crippen molar-refractivity contribution in [3.8, 4) is 11.5 Å². The number of carboxylic acids is 1. The number of aromatic nitrogens is 1. The molecule has 2 heterocycles. The lowest BCUT2D eigenvalue weighted by Crippen LogP contribution is -2.20. The van der Waals surface area contributed by atoms with Gasteiger partial charge in [0.2, 0.25) is 6.79 Å². The van der Waals surface area contributed by atoms with E-state index in [1.807, 2.05) is 6.07 Å². The predicted molar refractivity (Wildman–Crippen MR) is 69.3 cm³/mol. The summed E-state index contributed by atoms with van der Waals surface area (Å²) in [4.78, 5) is 22.7. The maximum absolute atomic E-state index is 11.7. The lowest BCUT2D eigenvalue weighted by Gasteiger charge is -2.07. The third-order valence-electron chi connectivity index (χ3n) is 3.02. The van der Waals surface area contributed by atoms with Crippen LogP contribution in [0.3, 0.4) is 0 Å². The molecule has 6 heteroatoms. The molecule has 1 aromatic heterocycles. The first-order valence-corrected chi connectivity index (χ1v) is 5.96. The van der Waals surface area contributed by atoms with Crippen molar-refractivity contribution in [2.24, 2.45) is 0 Å². The molecule has 1 aromatic carbocycles. The highest BCUT2D eigenvalue weighted by atomic mass is 16.7. The SMILES string of the molecule is O=C(O)c1ccc(=O)n(Cc2ccc3c(c2)OCO3)c1. The minimum absolute atomic E-state index is 0.0744. The van der Waals surface area contributed by atoms with Gasteiger partial charge < -0.3 is 19.1 Å². The first-order chi connectivity index (χ1) is 9.63. The second kappa shape index (κ2) is 4.73. The van der Waals surface area contributed by atoms with E-state index >= 15 is 0 Å². The Morgan fingerprint density at radius 3 is 2.80 bits per heavy atom. The molecule has 6 nitrogen and oxygen atoms in total. The molecule has 0 radical (unpaired) electrons. The fourth-order valence-corrected chi connectivity index (χ4v) is 2.02. The summed E-state index contributed by atoms with van der Waals surface area (Å²) in [6.07, 6.45) is 1.33. The fraction of sp³-hybridized carbons (Fsp3) is 0.143. The van der Waals surface area contributed by atoms with Crippen LogP contribution in [0.15, 0.2) is 41.3 Å². The summed E-state index contributed by atoms with van der Waals surface area (Å²) in [7, 11) is 0. The van der Waals surface area contributed by atoms with E-state index in [1.54, 1.807) is 12.1 Å². The molecule has 0 unspecified atom stereocenters. The molecular formula is C14H11NO5. The van der Waals surface area contributed by atoms with E-state index in [1.165, 1.54) is 22.9 Å². The molecule has 102 valence electrons. The van der Waals surface area contributed by atoms with E-state index < -0.39 is 5.97 Å². The number of fused-ring (bicyclic) bond motifs is 1. The van der Waals surface area contributed by atoms with E-state index in [9.17, 15) is 9.59 Å². The average Bonchev–Trinajstić information content (AvgIpc) is 2.88. The van der Waals surface area contributed by atoms with E-state index in [0.29, 0.717) is 11.5 Å². The molecule has 1 aliphatic rings. The Hall–Kier alpha value is -2.76. The molecule has 20 heavy (non-hydrogen) atoms. The van der Waals surface area contributed by atoms with Crippen molar-refractivity contribution in [1.29, 1.82) is 0 Å². The van der Waals surface area contributed by atoms with Gasteiger partial charge in [-0.05, 0) is 23.8 Å². The largest absolute Gasteiger partial charge is 0.478 e. The van der Waals surface area contributed by atoms with Crippen molar-refractivity contribution in [3.05, 3.63) is 58.0 Å². The number of rotatable bonds is 3. The van der Waals surface area contributed by atoms with Gasteiger partial charge in [0, 0.05) is 12.3 Å². The van der Waals surface area contributed by atoms with Gasteiger partial charge in [-0.3, -0.25) is 4.79 Å². The monoisotopic (exact) mass is 273 g/mol. The number of hydrogen-bond acceptors (Lipinski definition) is 4. The van der Waals surface area contributed by atoms with Gasteiger partial charge in [0.1, 0.15) is 0 Å². The van der Waals surface area contributed by atoms with Crippen LogP contribution in [-0.4, -0.2) is 22.4 Å². The number of pyridine rings is 1. The lowest BCUT2D eigenvalue weighted by molar-refractivity contribution is 0.0696. The third-order valence-corrected chi connectivity index (χ3v) is 3.02. The van der Waals surface area contributed by atoms with E-state index in [2.05, 4.69) is 0 Å². The standard InChI is InChI=1S/C14H11NO5/c16-13-4-2-10(14(17)18)7-15(13)6-9-1-3-11-12(5-9)20-8-19-11/h1-5,7H,6,8H2,(H,17,18). The van der Waals surface area contributed by atoms with Crippen molar-refractivity contribution in [3.63, 3.8) is 0 Å². The Morgan fingerprint density at radius 2 is 2.00 bits per heavy atom. The first kappa shape index (κ1) is 12.3. The van der Waals surface area contributed by atoms with Crippen LogP contribution < -0.4 is 15.0 Å². The van der Waals surface area contributed by atoms with Gasteiger partial charge in [-0.15, -0.1) is 0 Å². The van der Waals surface area contributed by atoms with Gasteiger partial charge in [-0.2, -0.15) is 0 Å². The zero-order valence-electron chi connectivity index (χ0n) is 10.4. The summed E-state index contributed by atoms with van der Waals surface area (Å²) >= 11 is 0. The van der Waals surface area contributed by atoms with Crippen molar-refractivity contribution in [1.82, 2.24) is 4.57 Å². The van der Waals surface area contributed by atoms with Crippen LogP contribution in [0, 0.1) is 0 Å². The van der Waals surface area contributed by atoms with E-state index in [0.717, 1.165) is 5.56 Å². The minimum Gasteiger partial charge on any atom is -0.478 e. The quantitative estimate of drug-likeness (QED) is 0.912. The van der Waals surface area contributed by atoms with Crippen molar-refractivity contribution >= 4 is 5.97 Å². The Labute approximate surface area is 113 Å². The Morgan fingerprint density at radius 1 is 1.20 bits per heavy atom. The van der Waals surface area contributed by atoms with Gasteiger partial charge in [0.25, 0.3) is 5.56 Å². The average molecular weight is 273 g/mol. The Bertz CT molecular complexity index is 735. The van der Waals surface area contributed by atoms with Gasteiger partial charge >= 0.3 is 5.97 Å². The highest BCUT2D eigenvalue weighted by Gasteiger charge is 2.13. The number of ether oxygens (including phenoxy) is 2. The van der Waals surface area contributed by atoms with E-state index in [4.69, 9.17) is 14.6 Å². The molecule has 1 N–H and O–H groups in total. The molecule has 0 spiro atoms. The molecule has 0 amide bonds. The molecule has 0 aliphatic carbocycles. The Balaban J connectivity index is 1.93. The van der Waals surface area contributed by atoms with Crippen LogP contribution in [0.25, 0.3) is 0 Å². The summed E-state index contributed by atoms with van der Waals surface area (Å²) in [6, 6.07) is 7.90. The number of aromatic carboxylic acids is 1. The Kier molecular flexibility index (Phi) is 2.90. The maximum Gasteiger partial charge on any atom is 0.337 e. The molecule has 1 aliphatic heterocycles. The fourth-order valence-electron chi connectivity index (χ4n) is 2.02. The summed E-state index contributed by atoms with van der Waals surface area (Å²) < 4.78 is 11.8. The molecular weight excluding hydrogens is 262 g/mol. The van der Waals surface area contributed by atoms with Gasteiger partial charge in [0.05, 0.1) is 12.1 Å². The normalized spacial score (nSPS) is 12.4. The van der Waals surface area contributed by atoms with Gasteiger partial charge in [0.15, 0.2) is 11.5 Å². The summed E-state index contributed by atoms with van der Waals surface area (Å²) in [6.45, 7) is 0.462. The smallest absolute Gasteiger partial charge is 0.337 e. The van der Waals surface area contributed by atoms with Crippen LogP contribution in [0.5, 0.6) is 11.5 Å². The maximum atomic E-state index is 11.7. The van der Waals surface area contributed by atoms with Crippen molar-refractivity contribution in [2.45, 2.75) is 6.54 Å². The summed E-state index contributed by atoms with van der Waals surface area (Å²) in [5.41, 5.74) is 0.650. The van der Waals surface area contributed by atoms with Crippen LogP contribution >= 0.6 is 0 Å². The molecule has 0 fully saturated rings. The highest BCUT2D eigenvalue weighted by molar-refractivity contribution is 5.87. The van der Waals surface area contributed by atoms with Crippen molar-refractivity contribution < 1.29 is 19.4 Å². The molecule has 0 saturated carbocycles. The van der Waals surface area contributed by atoms with Crippen LogP contribution in [0.4, 0.5) is 0 Å². The number of nitrogens with zero attached hydrogens (tertiary/aromatic N) is 1. The molecule has 0 atom stereocenters. The molecule has 2 aromatic rings. The van der Waals surface area contributed by atoms with Crippen molar-refractivity contribution in [2.75, 3.05) is 6.79 Å². The topological polar surface area (TPSA) is 77.8 Å². The number of benzene rings is 1. The van der Waals surface area contributed by atoms with Gasteiger partial charge in [-0.25, -0.2) is 4.79 Å². The zero-order chi connectivity index (χ0) is 14.1. The zero-order valence-corrected chi connectivity index (χ0v) is 10.4. The molecule has 0 saturated heterocycles. The second-order valence-corrected chi connectivity index (χ2v) is 4.38. The second-order valence-electron chi connectivity index (χ2n) is 4.38. The summed E-state index contributed by atoms with van der Waals surface area (Å²) in [5.74, 6) is 0.231. The number of carboxylic acid groups (broad SMARTS) is 1. The highest BCUT2D eigenvalue weighted by Crippen LogP contribution is 2.32. The molecule has 3 rings (SSSR count). The van der Waals surface area contributed by atoms with Crippen LogP contribution in [0.2, 0.25) is 0 Å². The van der Waals surface area contributed by atoms with Crippen LogP contribution in [0.1, 0.15) is 15.9 Å². The van der Waals surface area contributed by atoms with Crippen LogP contribution in [-0.2, 0) is 6.54 Å². The minimum atomic E-state index is -1.07. The third kappa shape index (κ3) is 2.23.